The summed E-state index contributed by atoms with van der Waals surface area (Å²) >= 11 is 9.26. The smallest absolute Gasteiger partial charge is 0.274 e. The van der Waals surface area contributed by atoms with Crippen molar-refractivity contribution < 1.29 is 9.53 Å². The van der Waals surface area contributed by atoms with Crippen LogP contribution in [-0.4, -0.2) is 40.7 Å². The Morgan fingerprint density at radius 1 is 1.17 bits per heavy atom. The third kappa shape index (κ3) is 5.65. The van der Waals surface area contributed by atoms with Gasteiger partial charge >= 0.3 is 0 Å². The van der Waals surface area contributed by atoms with E-state index in [0.29, 0.717) is 6.42 Å². The Morgan fingerprint density at radius 2 is 1.93 bits per heavy atom. The Balaban J connectivity index is 1.17. The number of ether oxygens (including phenoxy) is 1. The number of amides is 1. The van der Waals surface area contributed by atoms with E-state index in [-0.39, 0.29) is 12.0 Å². The van der Waals surface area contributed by atoms with E-state index in [1.54, 1.807) is 23.1 Å². The minimum Gasteiger partial charge on any atom is -0.467 e. The first-order chi connectivity index (χ1) is 14.2. The van der Waals surface area contributed by atoms with Crippen LogP contribution in [0.2, 0.25) is 5.02 Å². The van der Waals surface area contributed by atoms with Gasteiger partial charge < -0.3 is 9.64 Å². The number of carbonyl (C=O) groups excluding carboxylic acids is 1. The number of para-hydroxylation sites is 1. The van der Waals surface area contributed by atoms with Crippen molar-refractivity contribution in [1.29, 1.82) is 0 Å². The quantitative estimate of drug-likeness (QED) is 0.335. The highest BCUT2D eigenvalue weighted by Crippen LogP contribution is 2.29. The number of benzene rings is 2. The first-order valence-electron chi connectivity index (χ1n) is 9.86. The van der Waals surface area contributed by atoms with Crippen LogP contribution in [0.5, 0.6) is 5.19 Å². The fraction of sp³-hybridized carbons (Fsp3) is 0.364. The van der Waals surface area contributed by atoms with Gasteiger partial charge in [0.25, 0.3) is 5.19 Å². The lowest BCUT2D eigenvalue weighted by Crippen LogP contribution is -2.41. The summed E-state index contributed by atoms with van der Waals surface area (Å²) in [5.41, 5.74) is 0.983. The summed E-state index contributed by atoms with van der Waals surface area (Å²) in [6.45, 7) is 1.53. The molecule has 29 heavy (non-hydrogen) atoms. The van der Waals surface area contributed by atoms with E-state index >= 15 is 0 Å². The molecule has 0 atom stereocenters. The number of hydrogen-bond donors (Lipinski definition) is 0. The number of piperidine rings is 1. The molecule has 2 heterocycles. The molecular weight excluding hydrogens is 424 g/mol. The average Bonchev–Trinajstić information content (AvgIpc) is 3.15. The number of aromatic nitrogens is 1. The first kappa shape index (κ1) is 20.5. The van der Waals surface area contributed by atoms with E-state index in [1.807, 2.05) is 47.4 Å². The van der Waals surface area contributed by atoms with E-state index in [4.69, 9.17) is 16.3 Å². The van der Waals surface area contributed by atoms with Gasteiger partial charge in [0, 0.05) is 42.3 Å². The molecule has 0 saturated carbocycles. The van der Waals surface area contributed by atoms with Crippen LogP contribution >= 0.6 is 34.7 Å². The van der Waals surface area contributed by atoms with Crippen LogP contribution < -0.4 is 4.74 Å². The monoisotopic (exact) mass is 446 g/mol. The van der Waals surface area contributed by atoms with Gasteiger partial charge in [-0.3, -0.25) is 4.79 Å². The van der Waals surface area contributed by atoms with Gasteiger partial charge in [0.2, 0.25) is 5.91 Å². The molecule has 2 aromatic carbocycles. The molecule has 0 N–H and O–H groups in total. The van der Waals surface area contributed by atoms with E-state index in [2.05, 4.69) is 11.1 Å². The molecule has 1 aromatic heterocycles. The zero-order valence-corrected chi connectivity index (χ0v) is 18.4. The Labute approximate surface area is 184 Å². The van der Waals surface area contributed by atoms with Crippen molar-refractivity contribution in [2.75, 3.05) is 18.8 Å². The summed E-state index contributed by atoms with van der Waals surface area (Å²) in [5.74, 6) is 1.19. The summed E-state index contributed by atoms with van der Waals surface area (Å²) in [6, 6.07) is 15.9. The molecule has 4 nitrogen and oxygen atoms in total. The summed E-state index contributed by atoms with van der Waals surface area (Å²) in [6.07, 6.45) is 3.35. The number of carbonyl (C=O) groups is 1. The first-order valence-corrected chi connectivity index (χ1v) is 12.0. The largest absolute Gasteiger partial charge is 0.467 e. The van der Waals surface area contributed by atoms with Crippen molar-refractivity contribution >= 4 is 50.8 Å². The van der Waals surface area contributed by atoms with Gasteiger partial charge in [-0.05, 0) is 48.6 Å². The van der Waals surface area contributed by atoms with E-state index in [1.165, 1.54) is 4.90 Å². The zero-order chi connectivity index (χ0) is 20.1. The average molecular weight is 447 g/mol. The number of thioether (sulfide) groups is 1. The molecule has 0 radical (unpaired) electrons. The number of rotatable bonds is 7. The second-order valence-corrected chi connectivity index (χ2v) is 9.65. The Morgan fingerprint density at radius 3 is 2.69 bits per heavy atom. The minimum atomic E-state index is 0.139. The van der Waals surface area contributed by atoms with E-state index in [0.717, 1.165) is 58.5 Å². The van der Waals surface area contributed by atoms with Crippen LogP contribution in [0, 0.1) is 0 Å². The number of fused-ring (bicyclic) bond motifs is 1. The van der Waals surface area contributed by atoms with Crippen LogP contribution in [0.25, 0.3) is 10.2 Å². The van der Waals surface area contributed by atoms with Gasteiger partial charge in [-0.2, -0.15) is 0 Å². The van der Waals surface area contributed by atoms with Crippen LogP contribution in [0.15, 0.2) is 53.4 Å². The second kappa shape index (κ2) is 9.83. The van der Waals surface area contributed by atoms with Crippen LogP contribution in [0.4, 0.5) is 0 Å². The van der Waals surface area contributed by atoms with Crippen LogP contribution in [0.1, 0.15) is 25.7 Å². The maximum absolute atomic E-state index is 12.5. The summed E-state index contributed by atoms with van der Waals surface area (Å²) < 4.78 is 7.23. The molecule has 1 fully saturated rings. The summed E-state index contributed by atoms with van der Waals surface area (Å²) in [5, 5.41) is 1.48. The van der Waals surface area contributed by atoms with Gasteiger partial charge in [0.15, 0.2) is 0 Å². The van der Waals surface area contributed by atoms with Crippen molar-refractivity contribution in [2.45, 2.75) is 36.7 Å². The topological polar surface area (TPSA) is 42.4 Å². The summed E-state index contributed by atoms with van der Waals surface area (Å²) in [4.78, 5) is 20.2. The number of hydrogen-bond acceptors (Lipinski definition) is 5. The molecule has 1 aliphatic heterocycles. The Bertz CT molecular complexity index is 920. The van der Waals surface area contributed by atoms with Crippen molar-refractivity contribution in [3.63, 3.8) is 0 Å². The van der Waals surface area contributed by atoms with Crippen molar-refractivity contribution in [2.24, 2.45) is 0 Å². The number of likely N-dealkylation sites (tertiary alicyclic amines) is 1. The predicted molar refractivity (Wildman–Crippen MR) is 121 cm³/mol. The molecule has 4 rings (SSSR count). The van der Waals surface area contributed by atoms with Gasteiger partial charge in [-0.15, -0.1) is 11.8 Å². The molecular formula is C22H23ClN2O2S2. The predicted octanol–water partition coefficient (Wildman–Crippen LogP) is 5.89. The maximum atomic E-state index is 12.5. The Hall–Kier alpha value is -1.76. The zero-order valence-electron chi connectivity index (χ0n) is 16.1. The lowest BCUT2D eigenvalue weighted by Gasteiger charge is -2.31. The minimum absolute atomic E-state index is 0.139. The maximum Gasteiger partial charge on any atom is 0.274 e. The molecule has 1 saturated heterocycles. The normalized spacial score (nSPS) is 15.0. The molecule has 0 aliphatic carbocycles. The molecule has 7 heteroatoms. The van der Waals surface area contributed by atoms with Crippen molar-refractivity contribution in [3.05, 3.63) is 53.6 Å². The lowest BCUT2D eigenvalue weighted by atomic mass is 10.1. The lowest BCUT2D eigenvalue weighted by molar-refractivity contribution is -0.133. The third-order valence-electron chi connectivity index (χ3n) is 4.95. The van der Waals surface area contributed by atoms with Crippen molar-refractivity contribution in [3.8, 4) is 5.19 Å². The fourth-order valence-corrected chi connectivity index (χ4v) is 5.23. The van der Waals surface area contributed by atoms with Gasteiger partial charge in [-0.25, -0.2) is 4.98 Å². The molecule has 0 unspecified atom stereocenters. The molecule has 3 aromatic rings. The summed E-state index contributed by atoms with van der Waals surface area (Å²) in [7, 11) is 0. The molecule has 0 bridgehead atoms. The standard InChI is InChI=1S/C22H23ClN2O2S2/c23-16-7-9-18(10-8-16)28-15-3-6-21(26)25-13-11-17(12-14-25)27-22-24-19-4-1-2-5-20(19)29-22/h1-2,4-5,7-10,17H,3,6,11-15H2. The van der Waals surface area contributed by atoms with Crippen molar-refractivity contribution in [1.82, 2.24) is 9.88 Å². The highest BCUT2D eigenvalue weighted by atomic mass is 35.5. The fourth-order valence-electron chi connectivity index (χ4n) is 3.37. The molecule has 152 valence electrons. The van der Waals surface area contributed by atoms with Gasteiger partial charge in [-0.1, -0.05) is 35.1 Å². The van der Waals surface area contributed by atoms with Crippen LogP contribution in [0.3, 0.4) is 0 Å². The van der Waals surface area contributed by atoms with E-state index < -0.39 is 0 Å². The highest BCUT2D eigenvalue weighted by molar-refractivity contribution is 7.99. The Kier molecular flexibility index (Phi) is 6.95. The third-order valence-corrected chi connectivity index (χ3v) is 7.23. The van der Waals surface area contributed by atoms with Crippen LogP contribution in [-0.2, 0) is 4.79 Å². The number of halogens is 1. The van der Waals surface area contributed by atoms with E-state index in [9.17, 15) is 4.79 Å². The molecule has 1 aliphatic rings. The second-order valence-electron chi connectivity index (χ2n) is 7.05. The van der Waals surface area contributed by atoms with Gasteiger partial charge in [0.05, 0.1) is 10.2 Å². The number of nitrogens with zero attached hydrogens (tertiary/aromatic N) is 2. The highest BCUT2D eigenvalue weighted by Gasteiger charge is 2.24. The molecule has 1 amide bonds. The van der Waals surface area contributed by atoms with Gasteiger partial charge in [0.1, 0.15) is 6.10 Å². The SMILES string of the molecule is O=C(CCCSc1ccc(Cl)cc1)N1CCC(Oc2nc3ccccc3s2)CC1. The number of thiazole rings is 1. The molecule has 0 spiro atoms.